The van der Waals surface area contributed by atoms with Gasteiger partial charge >= 0.3 is 0 Å². The SMILES string of the molecule is Cc1cccc(-n2c(SCC(=O)N[C@@H](C)C3CC3)nnc2N2CCOCC2)c1. The molecule has 8 heteroatoms. The molecule has 7 nitrogen and oxygen atoms in total. The number of hydrogen-bond donors (Lipinski definition) is 1. The van der Waals surface area contributed by atoms with Crippen molar-refractivity contribution in [2.45, 2.75) is 37.9 Å². The summed E-state index contributed by atoms with van der Waals surface area (Å²) in [6.07, 6.45) is 2.44. The Kier molecular flexibility index (Phi) is 5.87. The fraction of sp³-hybridized carbons (Fsp3) is 0.550. The monoisotopic (exact) mass is 401 g/mol. The van der Waals surface area contributed by atoms with Gasteiger partial charge in [-0.05, 0) is 50.3 Å². The summed E-state index contributed by atoms with van der Waals surface area (Å²) >= 11 is 1.43. The summed E-state index contributed by atoms with van der Waals surface area (Å²) in [6, 6.07) is 8.53. The number of nitrogens with zero attached hydrogens (tertiary/aromatic N) is 4. The zero-order valence-electron chi connectivity index (χ0n) is 16.4. The highest BCUT2D eigenvalue weighted by Crippen LogP contribution is 2.32. The van der Waals surface area contributed by atoms with Gasteiger partial charge in [0.2, 0.25) is 11.9 Å². The van der Waals surface area contributed by atoms with Crippen molar-refractivity contribution in [1.82, 2.24) is 20.1 Å². The van der Waals surface area contributed by atoms with Crippen molar-refractivity contribution in [2.75, 3.05) is 37.0 Å². The minimum Gasteiger partial charge on any atom is -0.378 e. The van der Waals surface area contributed by atoms with Crippen LogP contribution in [0.1, 0.15) is 25.3 Å². The van der Waals surface area contributed by atoms with E-state index in [0.717, 1.165) is 29.9 Å². The molecule has 0 radical (unpaired) electrons. The summed E-state index contributed by atoms with van der Waals surface area (Å²) in [5.74, 6) is 1.85. The predicted octanol–water partition coefficient (Wildman–Crippen LogP) is 2.42. The molecule has 0 spiro atoms. The maximum atomic E-state index is 12.4. The number of ether oxygens (including phenoxy) is 1. The largest absolute Gasteiger partial charge is 0.378 e. The fourth-order valence-corrected chi connectivity index (χ4v) is 4.21. The van der Waals surface area contributed by atoms with Gasteiger partial charge in [-0.25, -0.2) is 0 Å². The van der Waals surface area contributed by atoms with Gasteiger partial charge in [0.1, 0.15) is 0 Å². The summed E-state index contributed by atoms with van der Waals surface area (Å²) < 4.78 is 7.53. The van der Waals surface area contributed by atoms with Crippen LogP contribution in [0.3, 0.4) is 0 Å². The lowest BCUT2D eigenvalue weighted by molar-refractivity contribution is -0.119. The van der Waals surface area contributed by atoms with E-state index in [2.05, 4.69) is 57.0 Å². The summed E-state index contributed by atoms with van der Waals surface area (Å²) in [7, 11) is 0. The Labute approximate surface area is 169 Å². The van der Waals surface area contributed by atoms with Crippen molar-refractivity contribution in [1.29, 1.82) is 0 Å². The van der Waals surface area contributed by atoms with Crippen LogP contribution in [0.15, 0.2) is 29.4 Å². The van der Waals surface area contributed by atoms with Gasteiger partial charge < -0.3 is 15.0 Å². The van der Waals surface area contributed by atoms with E-state index in [1.165, 1.54) is 30.2 Å². The molecule has 1 aliphatic carbocycles. The van der Waals surface area contributed by atoms with Crippen molar-refractivity contribution in [3.8, 4) is 5.69 Å². The first-order valence-electron chi connectivity index (χ1n) is 9.89. The van der Waals surface area contributed by atoms with Crippen LogP contribution >= 0.6 is 11.8 Å². The lowest BCUT2D eigenvalue weighted by atomic mass is 10.2. The standard InChI is InChI=1S/C20H27N5O2S/c1-14-4-3-5-17(12-14)25-19(24-8-10-27-11-9-24)22-23-20(25)28-13-18(26)21-15(2)16-6-7-16/h3-5,12,15-16H,6-11,13H2,1-2H3,(H,21,26)/t15-/m0/s1. The van der Waals surface area contributed by atoms with Gasteiger partial charge in [-0.3, -0.25) is 9.36 Å². The van der Waals surface area contributed by atoms with Gasteiger partial charge in [-0.2, -0.15) is 0 Å². The average molecular weight is 402 g/mol. The zero-order valence-corrected chi connectivity index (χ0v) is 17.2. The third-order valence-electron chi connectivity index (χ3n) is 5.22. The van der Waals surface area contributed by atoms with Crippen LogP contribution in [0.5, 0.6) is 0 Å². The maximum Gasteiger partial charge on any atom is 0.232 e. The number of carbonyl (C=O) groups excluding carboxylic acids is 1. The number of amides is 1. The zero-order chi connectivity index (χ0) is 19.5. The molecule has 1 atom stereocenters. The van der Waals surface area contributed by atoms with Crippen LogP contribution in [0.2, 0.25) is 0 Å². The Bertz CT molecular complexity index is 830. The minimum absolute atomic E-state index is 0.0520. The van der Waals surface area contributed by atoms with Crippen LogP contribution in [0.25, 0.3) is 5.69 Å². The molecule has 1 aliphatic heterocycles. The molecule has 1 aromatic carbocycles. The molecule has 1 saturated heterocycles. The lowest BCUT2D eigenvalue weighted by Crippen LogP contribution is -2.38. The second-order valence-electron chi connectivity index (χ2n) is 7.54. The molecule has 2 aromatic rings. The van der Waals surface area contributed by atoms with E-state index in [1.807, 2.05) is 6.07 Å². The predicted molar refractivity (Wildman–Crippen MR) is 110 cm³/mol. The molecule has 4 rings (SSSR count). The summed E-state index contributed by atoms with van der Waals surface area (Å²) in [4.78, 5) is 14.5. The molecule has 0 unspecified atom stereocenters. The number of carbonyl (C=O) groups is 1. The highest BCUT2D eigenvalue weighted by Gasteiger charge is 2.29. The van der Waals surface area contributed by atoms with Crippen molar-refractivity contribution >= 4 is 23.6 Å². The van der Waals surface area contributed by atoms with E-state index < -0.39 is 0 Å². The fourth-order valence-electron chi connectivity index (χ4n) is 3.46. The third kappa shape index (κ3) is 4.50. The van der Waals surface area contributed by atoms with Gasteiger partial charge in [0.05, 0.1) is 24.7 Å². The molecular formula is C20H27N5O2S. The molecule has 2 heterocycles. The number of nitrogens with one attached hydrogen (secondary N) is 1. The van der Waals surface area contributed by atoms with E-state index in [9.17, 15) is 4.79 Å². The van der Waals surface area contributed by atoms with Gasteiger partial charge in [0.25, 0.3) is 0 Å². The van der Waals surface area contributed by atoms with Gasteiger partial charge in [0.15, 0.2) is 5.16 Å². The van der Waals surface area contributed by atoms with Crippen molar-refractivity contribution < 1.29 is 9.53 Å². The van der Waals surface area contributed by atoms with Gasteiger partial charge in [-0.15, -0.1) is 10.2 Å². The van der Waals surface area contributed by atoms with Crippen molar-refractivity contribution in [2.24, 2.45) is 5.92 Å². The van der Waals surface area contributed by atoms with Crippen LogP contribution in [0, 0.1) is 12.8 Å². The second kappa shape index (κ2) is 8.53. The Morgan fingerprint density at radius 1 is 1.32 bits per heavy atom. The highest BCUT2D eigenvalue weighted by atomic mass is 32.2. The van der Waals surface area contributed by atoms with E-state index in [-0.39, 0.29) is 11.9 Å². The Morgan fingerprint density at radius 3 is 2.82 bits per heavy atom. The molecular weight excluding hydrogens is 374 g/mol. The quantitative estimate of drug-likeness (QED) is 0.719. The minimum atomic E-state index is 0.0520. The molecule has 2 fully saturated rings. The molecule has 150 valence electrons. The van der Waals surface area contributed by atoms with Crippen LogP contribution in [-0.2, 0) is 9.53 Å². The van der Waals surface area contributed by atoms with E-state index in [0.29, 0.717) is 24.9 Å². The number of rotatable bonds is 7. The Morgan fingerprint density at radius 2 is 2.11 bits per heavy atom. The Hall–Kier alpha value is -2.06. The highest BCUT2D eigenvalue weighted by molar-refractivity contribution is 7.99. The molecule has 2 aliphatic rings. The van der Waals surface area contributed by atoms with E-state index in [4.69, 9.17) is 4.74 Å². The first-order chi connectivity index (χ1) is 13.6. The number of thioether (sulfide) groups is 1. The van der Waals surface area contributed by atoms with Crippen LogP contribution in [0.4, 0.5) is 5.95 Å². The summed E-state index contributed by atoms with van der Waals surface area (Å²) in [6.45, 7) is 7.10. The van der Waals surface area contributed by atoms with Gasteiger partial charge in [-0.1, -0.05) is 23.9 Å². The van der Waals surface area contributed by atoms with Crippen LogP contribution < -0.4 is 10.2 Å². The van der Waals surface area contributed by atoms with Crippen LogP contribution in [-0.4, -0.2) is 58.8 Å². The number of benzene rings is 1. The maximum absolute atomic E-state index is 12.4. The molecule has 1 N–H and O–H groups in total. The number of aryl methyl sites for hydroxylation is 1. The van der Waals surface area contributed by atoms with Crippen molar-refractivity contribution in [3.63, 3.8) is 0 Å². The summed E-state index contributed by atoms with van der Waals surface area (Å²) in [5, 5.41) is 12.7. The normalized spacial score (nSPS) is 18.1. The number of hydrogen-bond acceptors (Lipinski definition) is 6. The molecule has 1 saturated carbocycles. The van der Waals surface area contributed by atoms with Crippen molar-refractivity contribution in [3.05, 3.63) is 29.8 Å². The summed E-state index contributed by atoms with van der Waals surface area (Å²) in [5.41, 5.74) is 2.19. The first kappa shape index (κ1) is 19.3. The topological polar surface area (TPSA) is 72.3 Å². The number of anilines is 1. The third-order valence-corrected chi connectivity index (χ3v) is 6.15. The molecule has 1 amide bonds. The molecule has 28 heavy (non-hydrogen) atoms. The second-order valence-corrected chi connectivity index (χ2v) is 8.48. The Balaban J connectivity index is 1.54. The van der Waals surface area contributed by atoms with E-state index in [1.54, 1.807) is 0 Å². The van der Waals surface area contributed by atoms with E-state index >= 15 is 0 Å². The number of aromatic nitrogens is 3. The first-order valence-corrected chi connectivity index (χ1v) is 10.9. The molecule has 1 aromatic heterocycles. The molecule has 0 bridgehead atoms. The number of morpholine rings is 1. The lowest BCUT2D eigenvalue weighted by Gasteiger charge is -2.28. The van der Waals surface area contributed by atoms with Gasteiger partial charge in [0, 0.05) is 19.1 Å². The average Bonchev–Trinajstić information content (AvgIpc) is 3.47. The smallest absolute Gasteiger partial charge is 0.232 e.